The van der Waals surface area contributed by atoms with Gasteiger partial charge in [0.05, 0.1) is 18.8 Å². The number of carbonyl (C=O) groups excluding carboxylic acids is 1. The monoisotopic (exact) mass is 593 g/mol. The van der Waals surface area contributed by atoms with E-state index in [-0.39, 0.29) is 29.8 Å². The van der Waals surface area contributed by atoms with Gasteiger partial charge in [-0.2, -0.15) is 0 Å². The molecule has 1 aliphatic carbocycles. The van der Waals surface area contributed by atoms with E-state index in [0.717, 1.165) is 51.7 Å². The molecule has 42 heavy (non-hydrogen) atoms. The third-order valence-corrected chi connectivity index (χ3v) is 8.85. The Labute approximate surface area is 245 Å². The van der Waals surface area contributed by atoms with Crippen LogP contribution in [0.3, 0.4) is 0 Å². The van der Waals surface area contributed by atoms with Gasteiger partial charge in [0.25, 0.3) is 5.91 Å². The number of piperidine rings is 1. The van der Waals surface area contributed by atoms with Gasteiger partial charge in [-0.25, -0.2) is 9.97 Å². The number of hydrogen-bond acceptors (Lipinski definition) is 8. The molecule has 1 aromatic rings. The maximum atomic E-state index is 13.4. The number of amides is 1. The van der Waals surface area contributed by atoms with E-state index < -0.39 is 6.36 Å². The number of nitrogens with one attached hydrogen (secondary N) is 2. The SMILES string of the molecule is Cc1c(NCC2CCCC(C3C=CC(OC(F)(F)F)=CC3)O2)ncnc1C(=O)N1CCC(NC2CCOCC2C)CC1. The second-order valence-electron chi connectivity index (χ2n) is 11.9. The number of ether oxygens (including phenoxy) is 3. The van der Waals surface area contributed by atoms with Gasteiger partial charge < -0.3 is 29.7 Å². The first kappa shape index (κ1) is 30.7. The summed E-state index contributed by atoms with van der Waals surface area (Å²) in [6.45, 7) is 7.57. The maximum absolute atomic E-state index is 13.4. The maximum Gasteiger partial charge on any atom is 0.573 e. The number of hydrogen-bond donors (Lipinski definition) is 2. The molecule has 1 aromatic heterocycles. The lowest BCUT2D eigenvalue weighted by atomic mass is 9.88. The van der Waals surface area contributed by atoms with Gasteiger partial charge in [0, 0.05) is 49.8 Å². The van der Waals surface area contributed by atoms with Crippen LogP contribution in [0.2, 0.25) is 0 Å². The molecule has 232 valence electrons. The van der Waals surface area contributed by atoms with Crippen LogP contribution in [-0.4, -0.2) is 84.3 Å². The molecule has 0 bridgehead atoms. The molecular weight excluding hydrogens is 551 g/mol. The van der Waals surface area contributed by atoms with Crippen molar-refractivity contribution in [1.82, 2.24) is 20.2 Å². The Balaban J connectivity index is 1.10. The van der Waals surface area contributed by atoms with Crippen molar-refractivity contribution in [1.29, 1.82) is 0 Å². The fraction of sp³-hybridized carbons (Fsp3) is 0.700. The molecule has 0 aromatic carbocycles. The smallest absolute Gasteiger partial charge is 0.406 e. The highest BCUT2D eigenvalue weighted by atomic mass is 19.4. The standard InChI is InChI=1S/C30H42F3N5O4/c1-19-17-40-15-12-25(19)37-22-10-13-38(14-11-22)29(39)27-20(2)28(36-18-35-27)34-16-24-4-3-5-26(41-24)21-6-8-23(9-7-21)42-30(31,32)33/h6,8-9,18-19,21-22,24-26,37H,3-5,7,10-17H2,1-2H3,(H,34,35,36). The predicted octanol–water partition coefficient (Wildman–Crippen LogP) is 4.75. The minimum absolute atomic E-state index is 0.00202. The van der Waals surface area contributed by atoms with E-state index >= 15 is 0 Å². The summed E-state index contributed by atoms with van der Waals surface area (Å²) in [6, 6.07) is 0.867. The van der Waals surface area contributed by atoms with E-state index in [0.29, 0.717) is 61.1 Å². The first-order chi connectivity index (χ1) is 20.2. The van der Waals surface area contributed by atoms with Gasteiger partial charge in [-0.05, 0) is 69.9 Å². The summed E-state index contributed by atoms with van der Waals surface area (Å²) >= 11 is 0. The van der Waals surface area contributed by atoms with Crippen molar-refractivity contribution in [2.45, 2.75) is 89.4 Å². The van der Waals surface area contributed by atoms with Gasteiger partial charge in [-0.3, -0.25) is 4.79 Å². The van der Waals surface area contributed by atoms with E-state index in [9.17, 15) is 18.0 Å². The molecule has 5 unspecified atom stereocenters. The van der Waals surface area contributed by atoms with E-state index in [1.54, 1.807) is 6.08 Å². The molecule has 1 amide bonds. The van der Waals surface area contributed by atoms with Crippen LogP contribution in [0, 0.1) is 18.8 Å². The van der Waals surface area contributed by atoms with Gasteiger partial charge in [0.1, 0.15) is 23.6 Å². The topological polar surface area (TPSA) is 97.8 Å². The van der Waals surface area contributed by atoms with Crippen LogP contribution < -0.4 is 10.6 Å². The highest BCUT2D eigenvalue weighted by Gasteiger charge is 2.34. The Bertz CT molecular complexity index is 1140. The molecule has 3 fully saturated rings. The van der Waals surface area contributed by atoms with Gasteiger partial charge in [0.2, 0.25) is 0 Å². The van der Waals surface area contributed by atoms with E-state index in [1.165, 1.54) is 18.5 Å². The molecule has 3 saturated heterocycles. The number of carbonyl (C=O) groups is 1. The normalized spacial score (nSPS) is 29.2. The lowest BCUT2D eigenvalue weighted by Crippen LogP contribution is -2.51. The number of nitrogens with zero attached hydrogens (tertiary/aromatic N) is 3. The van der Waals surface area contributed by atoms with Crippen molar-refractivity contribution in [2.75, 3.05) is 38.2 Å². The Morgan fingerprint density at radius 1 is 1.17 bits per heavy atom. The molecule has 9 nitrogen and oxygen atoms in total. The molecule has 5 rings (SSSR count). The fourth-order valence-electron chi connectivity index (χ4n) is 6.38. The molecular formula is C30H42F3N5O4. The molecule has 0 spiro atoms. The molecule has 2 N–H and O–H groups in total. The van der Waals surface area contributed by atoms with Crippen LogP contribution in [-0.2, 0) is 14.2 Å². The van der Waals surface area contributed by atoms with Gasteiger partial charge in [-0.1, -0.05) is 13.0 Å². The number of aromatic nitrogens is 2. The summed E-state index contributed by atoms with van der Waals surface area (Å²) in [5.74, 6) is 0.851. The second-order valence-corrected chi connectivity index (χ2v) is 11.9. The number of halogens is 3. The molecule has 5 atom stereocenters. The number of allylic oxidation sites excluding steroid dienone is 2. The Kier molecular flexibility index (Phi) is 10.1. The van der Waals surface area contributed by atoms with Crippen molar-refractivity contribution in [3.05, 3.63) is 41.6 Å². The van der Waals surface area contributed by atoms with Crippen LogP contribution in [0.15, 0.2) is 30.3 Å². The molecule has 4 aliphatic rings. The van der Waals surface area contributed by atoms with Gasteiger partial charge in [-0.15, -0.1) is 13.2 Å². The van der Waals surface area contributed by atoms with Crippen molar-refractivity contribution in [3.8, 4) is 0 Å². The Hall–Kier alpha value is -2.70. The Morgan fingerprint density at radius 2 is 1.98 bits per heavy atom. The zero-order valence-corrected chi connectivity index (χ0v) is 24.4. The zero-order chi connectivity index (χ0) is 29.7. The third kappa shape index (κ3) is 8.02. The second kappa shape index (κ2) is 13.7. The minimum Gasteiger partial charge on any atom is -0.406 e. The molecule has 0 saturated carbocycles. The van der Waals surface area contributed by atoms with Crippen molar-refractivity contribution in [2.24, 2.45) is 11.8 Å². The van der Waals surface area contributed by atoms with Crippen LogP contribution in [0.1, 0.15) is 67.9 Å². The highest BCUT2D eigenvalue weighted by Crippen LogP contribution is 2.32. The average molecular weight is 594 g/mol. The average Bonchev–Trinajstić information content (AvgIpc) is 2.98. The number of rotatable bonds is 8. The zero-order valence-electron chi connectivity index (χ0n) is 24.4. The number of likely N-dealkylation sites (tertiary alicyclic amines) is 1. The lowest BCUT2D eigenvalue weighted by Gasteiger charge is -2.37. The summed E-state index contributed by atoms with van der Waals surface area (Å²) in [7, 11) is 0. The van der Waals surface area contributed by atoms with Crippen molar-refractivity contribution >= 4 is 11.7 Å². The van der Waals surface area contributed by atoms with E-state index in [4.69, 9.17) is 9.47 Å². The van der Waals surface area contributed by atoms with Crippen LogP contribution in [0.25, 0.3) is 0 Å². The van der Waals surface area contributed by atoms with Crippen LogP contribution in [0.4, 0.5) is 19.0 Å². The number of anilines is 1. The molecule has 0 radical (unpaired) electrons. The molecule has 3 aliphatic heterocycles. The van der Waals surface area contributed by atoms with Gasteiger partial charge >= 0.3 is 6.36 Å². The van der Waals surface area contributed by atoms with Gasteiger partial charge in [0.15, 0.2) is 0 Å². The van der Waals surface area contributed by atoms with Crippen molar-refractivity contribution in [3.63, 3.8) is 0 Å². The predicted molar refractivity (Wildman–Crippen MR) is 151 cm³/mol. The largest absolute Gasteiger partial charge is 0.573 e. The summed E-state index contributed by atoms with van der Waals surface area (Å²) in [4.78, 5) is 24.0. The molecule has 4 heterocycles. The summed E-state index contributed by atoms with van der Waals surface area (Å²) in [5.41, 5.74) is 1.12. The summed E-state index contributed by atoms with van der Waals surface area (Å²) < 4.78 is 53.4. The van der Waals surface area contributed by atoms with Crippen LogP contribution in [0.5, 0.6) is 0 Å². The van der Waals surface area contributed by atoms with Crippen LogP contribution >= 0.6 is 0 Å². The van der Waals surface area contributed by atoms with E-state index in [1.807, 2.05) is 11.8 Å². The quantitative estimate of drug-likeness (QED) is 0.446. The van der Waals surface area contributed by atoms with E-state index in [2.05, 4.69) is 32.3 Å². The summed E-state index contributed by atoms with van der Waals surface area (Å²) in [6.07, 6.45) is 7.13. The number of alkyl halides is 3. The lowest BCUT2D eigenvalue weighted by molar-refractivity contribution is -0.303. The minimum atomic E-state index is -4.69. The first-order valence-corrected chi connectivity index (χ1v) is 15.1. The third-order valence-electron chi connectivity index (χ3n) is 8.85. The summed E-state index contributed by atoms with van der Waals surface area (Å²) in [5, 5.41) is 7.14. The highest BCUT2D eigenvalue weighted by molar-refractivity contribution is 5.94. The molecule has 12 heteroatoms. The first-order valence-electron chi connectivity index (χ1n) is 15.1. The fourth-order valence-corrected chi connectivity index (χ4v) is 6.38. The Morgan fingerprint density at radius 3 is 2.69 bits per heavy atom. The van der Waals surface area contributed by atoms with Crippen molar-refractivity contribution < 1.29 is 32.2 Å².